The summed E-state index contributed by atoms with van der Waals surface area (Å²) in [5.74, 6) is -0.838. The predicted molar refractivity (Wildman–Crippen MR) is 127 cm³/mol. The van der Waals surface area contributed by atoms with Crippen LogP contribution in [-0.2, 0) is 14.8 Å². The first kappa shape index (κ1) is 27.3. The van der Waals surface area contributed by atoms with E-state index < -0.39 is 26.8 Å². The Morgan fingerprint density at radius 3 is 2.24 bits per heavy atom. The number of esters is 1. The van der Waals surface area contributed by atoms with Crippen LogP contribution in [0.4, 0.5) is 11.4 Å². The van der Waals surface area contributed by atoms with E-state index in [4.69, 9.17) is 33.1 Å². The van der Waals surface area contributed by atoms with Gasteiger partial charge < -0.3 is 15.0 Å². The van der Waals surface area contributed by atoms with E-state index in [1.807, 2.05) is 0 Å². The Labute approximate surface area is 206 Å². The van der Waals surface area contributed by atoms with E-state index in [9.17, 15) is 28.1 Å². The van der Waals surface area contributed by atoms with Gasteiger partial charge in [0.15, 0.2) is 0 Å². The Hall–Kier alpha value is -2.93. The number of sulfonamides is 1. The Morgan fingerprint density at radius 1 is 1.09 bits per heavy atom. The number of amides is 1. The van der Waals surface area contributed by atoms with Crippen molar-refractivity contribution in [3.05, 3.63) is 63.7 Å². The Kier molecular flexibility index (Phi) is 10.1. The molecule has 11 nitrogen and oxygen atoms in total. The number of nitrogens with two attached hydrogens (primary N) is 1. The van der Waals surface area contributed by atoms with Crippen molar-refractivity contribution in [2.45, 2.75) is 4.90 Å². The number of carbonyl (C=O) groups excluding carboxylic acids is 2. The Bertz CT molecular complexity index is 1140. The summed E-state index contributed by atoms with van der Waals surface area (Å²) in [6, 6.07) is 8.73. The van der Waals surface area contributed by atoms with Gasteiger partial charge in [-0.2, -0.15) is 0 Å². The fourth-order valence-corrected chi connectivity index (χ4v) is 3.84. The summed E-state index contributed by atoms with van der Waals surface area (Å²) in [5, 5.41) is 18.7. The predicted octanol–water partition coefficient (Wildman–Crippen LogP) is 2.11. The van der Waals surface area contributed by atoms with Crippen molar-refractivity contribution >= 4 is 56.5 Å². The molecule has 0 aliphatic heterocycles. The number of alkyl halides is 2. The van der Waals surface area contributed by atoms with Gasteiger partial charge in [0.05, 0.1) is 33.2 Å². The van der Waals surface area contributed by atoms with Gasteiger partial charge in [-0.15, -0.1) is 23.2 Å². The van der Waals surface area contributed by atoms with Crippen LogP contribution in [0.15, 0.2) is 47.4 Å². The van der Waals surface area contributed by atoms with Crippen LogP contribution in [0, 0.1) is 10.1 Å². The highest BCUT2D eigenvalue weighted by Crippen LogP contribution is 2.26. The van der Waals surface area contributed by atoms with E-state index in [1.54, 1.807) is 4.90 Å². The number of carbonyl (C=O) groups is 2. The Balaban J connectivity index is 2.05. The van der Waals surface area contributed by atoms with Crippen molar-refractivity contribution in [2.75, 3.05) is 42.9 Å². The van der Waals surface area contributed by atoms with E-state index in [0.29, 0.717) is 18.8 Å². The normalized spacial score (nSPS) is 11.0. The van der Waals surface area contributed by atoms with Gasteiger partial charge >= 0.3 is 5.97 Å². The standard InChI is InChI=1S/C20H22Cl2N4O7S/c21-7-10-25(11-8-22)18-6-3-15(26(29)30)13-17(18)19(27)24-9-12-33-20(28)14-1-4-16(5-2-14)34(23,31)32/h1-6,13H,7-12H2,(H,24,27)(H2,23,31,32). The van der Waals surface area contributed by atoms with Gasteiger partial charge in [0.2, 0.25) is 10.0 Å². The summed E-state index contributed by atoms with van der Waals surface area (Å²) >= 11 is 11.7. The second kappa shape index (κ2) is 12.5. The Morgan fingerprint density at radius 2 is 1.71 bits per heavy atom. The van der Waals surface area contributed by atoms with Crippen LogP contribution in [0.3, 0.4) is 0 Å². The third-order valence-corrected chi connectivity index (χ3v) is 5.79. The first-order chi connectivity index (χ1) is 16.1. The van der Waals surface area contributed by atoms with Crippen LogP contribution < -0.4 is 15.4 Å². The van der Waals surface area contributed by atoms with Crippen molar-refractivity contribution in [1.29, 1.82) is 0 Å². The molecule has 0 radical (unpaired) electrons. The van der Waals surface area contributed by atoms with Crippen LogP contribution >= 0.6 is 23.2 Å². The van der Waals surface area contributed by atoms with Gasteiger partial charge in [-0.25, -0.2) is 18.4 Å². The molecule has 0 fully saturated rings. The third kappa shape index (κ3) is 7.55. The number of non-ortho nitro benzene ring substituents is 1. The van der Waals surface area contributed by atoms with E-state index >= 15 is 0 Å². The number of rotatable bonds is 12. The number of ether oxygens (including phenoxy) is 1. The minimum atomic E-state index is -3.89. The lowest BCUT2D eigenvalue weighted by Gasteiger charge is -2.25. The molecule has 0 bridgehead atoms. The molecule has 0 aliphatic carbocycles. The highest BCUT2D eigenvalue weighted by molar-refractivity contribution is 7.89. The van der Waals surface area contributed by atoms with Crippen molar-refractivity contribution in [1.82, 2.24) is 5.32 Å². The van der Waals surface area contributed by atoms with Crippen LogP contribution in [-0.4, -0.2) is 63.2 Å². The number of hydrogen-bond donors (Lipinski definition) is 2. The second-order valence-electron chi connectivity index (χ2n) is 6.78. The lowest BCUT2D eigenvalue weighted by molar-refractivity contribution is -0.384. The summed E-state index contributed by atoms with van der Waals surface area (Å²) in [4.78, 5) is 37.0. The zero-order valence-electron chi connectivity index (χ0n) is 17.8. The molecule has 0 aliphatic rings. The van der Waals surface area contributed by atoms with E-state index in [2.05, 4.69) is 5.32 Å². The molecule has 0 saturated heterocycles. The maximum atomic E-state index is 12.8. The summed E-state index contributed by atoms with van der Waals surface area (Å²) < 4.78 is 27.6. The molecular formula is C20H22Cl2N4O7S. The van der Waals surface area contributed by atoms with Crippen molar-refractivity contribution in [2.24, 2.45) is 5.14 Å². The number of nitrogens with zero attached hydrogens (tertiary/aromatic N) is 2. The minimum Gasteiger partial charge on any atom is -0.460 e. The van der Waals surface area contributed by atoms with E-state index in [0.717, 1.165) is 6.07 Å². The largest absolute Gasteiger partial charge is 0.460 e. The molecule has 0 unspecified atom stereocenters. The highest BCUT2D eigenvalue weighted by Gasteiger charge is 2.20. The fraction of sp³-hybridized carbons (Fsp3) is 0.300. The summed E-state index contributed by atoms with van der Waals surface area (Å²) in [6.45, 7) is 0.467. The van der Waals surface area contributed by atoms with Gasteiger partial charge in [-0.05, 0) is 30.3 Å². The summed E-state index contributed by atoms with van der Waals surface area (Å²) in [6.07, 6.45) is 0. The molecule has 0 heterocycles. The van der Waals surface area contributed by atoms with Crippen LogP contribution in [0.2, 0.25) is 0 Å². The molecule has 0 spiro atoms. The number of primary sulfonamides is 1. The smallest absolute Gasteiger partial charge is 0.338 e. The van der Waals surface area contributed by atoms with Crippen LogP contribution in [0.1, 0.15) is 20.7 Å². The van der Waals surface area contributed by atoms with Gasteiger partial charge in [0, 0.05) is 37.0 Å². The number of anilines is 1. The molecule has 0 atom stereocenters. The molecule has 184 valence electrons. The number of hydrogen-bond acceptors (Lipinski definition) is 8. The topological polar surface area (TPSA) is 162 Å². The van der Waals surface area contributed by atoms with Gasteiger partial charge in [0.25, 0.3) is 11.6 Å². The van der Waals surface area contributed by atoms with Crippen LogP contribution in [0.5, 0.6) is 0 Å². The molecule has 34 heavy (non-hydrogen) atoms. The monoisotopic (exact) mass is 532 g/mol. The molecular weight excluding hydrogens is 511 g/mol. The van der Waals surface area contributed by atoms with Gasteiger partial charge in [-0.1, -0.05) is 0 Å². The first-order valence-corrected chi connectivity index (χ1v) is 12.4. The maximum absolute atomic E-state index is 12.8. The van der Waals surface area contributed by atoms with Gasteiger partial charge in [-0.3, -0.25) is 14.9 Å². The first-order valence-electron chi connectivity index (χ1n) is 9.82. The SMILES string of the molecule is NS(=O)(=O)c1ccc(C(=O)OCCNC(=O)c2cc([N+](=O)[O-])ccc2N(CCCl)CCCl)cc1. The number of nitrogens with one attached hydrogen (secondary N) is 1. The lowest BCUT2D eigenvalue weighted by Crippen LogP contribution is -2.33. The molecule has 2 aromatic carbocycles. The molecule has 1 amide bonds. The molecule has 2 rings (SSSR count). The maximum Gasteiger partial charge on any atom is 0.338 e. The van der Waals surface area contributed by atoms with Crippen molar-refractivity contribution in [3.8, 4) is 0 Å². The summed E-state index contributed by atoms with van der Waals surface area (Å²) in [5.41, 5.74) is 0.308. The quantitative estimate of drug-likeness (QED) is 0.138. The zero-order chi connectivity index (χ0) is 25.3. The van der Waals surface area contributed by atoms with E-state index in [1.165, 1.54) is 36.4 Å². The second-order valence-corrected chi connectivity index (χ2v) is 9.10. The number of nitro groups is 1. The average Bonchev–Trinajstić information content (AvgIpc) is 2.80. The lowest BCUT2D eigenvalue weighted by atomic mass is 10.1. The minimum absolute atomic E-state index is 0.0503. The fourth-order valence-electron chi connectivity index (χ4n) is 2.92. The third-order valence-electron chi connectivity index (χ3n) is 4.52. The number of nitro benzene ring substituents is 1. The van der Waals surface area contributed by atoms with Crippen molar-refractivity contribution < 1.29 is 27.7 Å². The van der Waals surface area contributed by atoms with Crippen molar-refractivity contribution in [3.63, 3.8) is 0 Å². The highest BCUT2D eigenvalue weighted by atomic mass is 35.5. The molecule has 0 saturated carbocycles. The van der Waals surface area contributed by atoms with E-state index in [-0.39, 0.29) is 46.6 Å². The summed E-state index contributed by atoms with van der Waals surface area (Å²) in [7, 11) is -3.89. The van der Waals surface area contributed by atoms with Crippen LogP contribution in [0.25, 0.3) is 0 Å². The van der Waals surface area contributed by atoms with Gasteiger partial charge in [0.1, 0.15) is 6.61 Å². The number of halogens is 2. The molecule has 2 aromatic rings. The zero-order valence-corrected chi connectivity index (χ0v) is 20.1. The molecule has 3 N–H and O–H groups in total. The average molecular weight is 533 g/mol. The molecule has 0 aromatic heterocycles. The molecule has 14 heteroatoms. The number of benzene rings is 2.